The normalized spacial score (nSPS) is 18.3. The SMILES string of the molecule is [C-]#[N+]C[C@H]1CN(c2nc(OC[C@@H]3CCCN3C)nc3c(F)c(-c4cccc5ccccc45)ncc23)CCN1C(=O)OCc1ccccc1. The Kier molecular flexibility index (Phi) is 8.99. The first-order valence-electron chi connectivity index (χ1n) is 16.2. The minimum atomic E-state index is -0.559. The standard InChI is InChI=1S/C37H36FN7O3/c1-39-20-28-22-44(18-19-45(28)37(46)48-23-25-10-4-3-5-11-25)35-31-21-40-33(30-16-8-13-26-12-6-7-15-29(26)30)32(38)34(31)41-36(42-35)47-24-27-14-9-17-43(27)2/h3-8,10-13,15-16,21,27-28H,9,14,17-20,22-24H2,2H3/t27-,28-/m0/s1. The second kappa shape index (κ2) is 13.8. The van der Waals surface area contributed by atoms with E-state index in [-0.39, 0.29) is 36.4 Å². The maximum atomic E-state index is 16.7. The molecule has 2 aliphatic heterocycles. The molecule has 0 N–H and O–H groups in total. The minimum Gasteiger partial charge on any atom is -0.462 e. The highest BCUT2D eigenvalue weighted by molar-refractivity contribution is 5.99. The number of carbonyl (C=O) groups is 1. The first kappa shape index (κ1) is 31.3. The Morgan fingerprint density at radius 2 is 1.79 bits per heavy atom. The fourth-order valence-corrected chi connectivity index (χ4v) is 6.66. The van der Waals surface area contributed by atoms with Crippen molar-refractivity contribution in [1.82, 2.24) is 24.8 Å². The summed E-state index contributed by atoms with van der Waals surface area (Å²) < 4.78 is 28.4. The lowest BCUT2D eigenvalue weighted by Gasteiger charge is -2.39. The summed E-state index contributed by atoms with van der Waals surface area (Å²) in [6, 6.07) is 22.9. The van der Waals surface area contributed by atoms with Crippen LogP contribution < -0.4 is 9.64 Å². The van der Waals surface area contributed by atoms with Crippen LogP contribution >= 0.6 is 0 Å². The molecule has 244 valence electrons. The first-order valence-corrected chi connectivity index (χ1v) is 16.2. The van der Waals surface area contributed by atoms with Gasteiger partial charge in [-0.15, -0.1) is 0 Å². The molecule has 10 nitrogen and oxygen atoms in total. The second-order valence-electron chi connectivity index (χ2n) is 12.3. The van der Waals surface area contributed by atoms with E-state index < -0.39 is 18.0 Å². The quantitative estimate of drug-likeness (QED) is 0.184. The summed E-state index contributed by atoms with van der Waals surface area (Å²) >= 11 is 0. The summed E-state index contributed by atoms with van der Waals surface area (Å²) in [5.41, 5.74) is 1.86. The van der Waals surface area contributed by atoms with Gasteiger partial charge in [-0.3, -0.25) is 9.88 Å². The predicted molar refractivity (Wildman–Crippen MR) is 182 cm³/mol. The molecular weight excluding hydrogens is 609 g/mol. The third-order valence-electron chi connectivity index (χ3n) is 9.29. The topological polar surface area (TPSA) is 88.3 Å². The molecule has 3 aromatic carbocycles. The molecule has 0 radical (unpaired) electrons. The van der Waals surface area contributed by atoms with Crippen LogP contribution in [0.5, 0.6) is 6.01 Å². The molecule has 4 heterocycles. The monoisotopic (exact) mass is 645 g/mol. The lowest BCUT2D eigenvalue weighted by molar-refractivity contribution is 0.0788. The molecule has 2 aliphatic rings. The zero-order valence-electron chi connectivity index (χ0n) is 26.8. The fraction of sp³-hybridized carbons (Fsp3) is 0.324. The van der Waals surface area contributed by atoms with Gasteiger partial charge in [0.2, 0.25) is 6.54 Å². The Hall–Kier alpha value is -5.34. The average molecular weight is 646 g/mol. The third-order valence-corrected chi connectivity index (χ3v) is 9.29. The van der Waals surface area contributed by atoms with Crippen molar-refractivity contribution in [3.8, 4) is 17.3 Å². The summed E-state index contributed by atoms with van der Waals surface area (Å²) in [5.74, 6) is -0.103. The van der Waals surface area contributed by atoms with Crippen molar-refractivity contribution in [3.05, 3.63) is 102 Å². The van der Waals surface area contributed by atoms with E-state index in [4.69, 9.17) is 21.0 Å². The van der Waals surface area contributed by atoms with Crippen LogP contribution in [0.4, 0.5) is 15.0 Å². The number of pyridine rings is 1. The molecule has 0 spiro atoms. The molecule has 11 heteroatoms. The molecule has 0 bridgehead atoms. The van der Waals surface area contributed by atoms with Crippen molar-refractivity contribution in [2.24, 2.45) is 0 Å². The second-order valence-corrected chi connectivity index (χ2v) is 12.3. The summed E-state index contributed by atoms with van der Waals surface area (Å²) in [7, 11) is 2.07. The molecule has 7 rings (SSSR count). The number of carbonyl (C=O) groups excluding carboxylic acids is 1. The van der Waals surface area contributed by atoms with Gasteiger partial charge < -0.3 is 24.1 Å². The van der Waals surface area contributed by atoms with Crippen LogP contribution in [0, 0.1) is 12.4 Å². The Balaban J connectivity index is 1.23. The van der Waals surface area contributed by atoms with Crippen molar-refractivity contribution in [3.63, 3.8) is 0 Å². The van der Waals surface area contributed by atoms with E-state index in [1.54, 1.807) is 11.1 Å². The summed E-state index contributed by atoms with van der Waals surface area (Å²) in [6.07, 6.45) is 3.23. The van der Waals surface area contributed by atoms with Crippen LogP contribution in [-0.2, 0) is 11.3 Å². The number of likely N-dealkylation sites (N-methyl/N-ethyl adjacent to an activating group) is 1. The van der Waals surface area contributed by atoms with Crippen molar-refractivity contribution < 1.29 is 18.7 Å². The summed E-state index contributed by atoms with van der Waals surface area (Å²) in [6.45, 7) is 10.2. The van der Waals surface area contributed by atoms with Crippen LogP contribution in [-0.4, -0.2) is 89.3 Å². The Labute approximate surface area is 278 Å². The van der Waals surface area contributed by atoms with E-state index in [9.17, 15) is 4.79 Å². The largest absolute Gasteiger partial charge is 0.462 e. The summed E-state index contributed by atoms with van der Waals surface area (Å²) in [4.78, 5) is 36.7. The van der Waals surface area contributed by atoms with E-state index in [2.05, 4.69) is 26.8 Å². The van der Waals surface area contributed by atoms with Gasteiger partial charge in [0, 0.05) is 37.4 Å². The molecule has 2 saturated heterocycles. The number of anilines is 1. The predicted octanol–water partition coefficient (Wildman–Crippen LogP) is 6.20. The van der Waals surface area contributed by atoms with Gasteiger partial charge in [0.15, 0.2) is 5.82 Å². The molecule has 0 saturated carbocycles. The van der Waals surface area contributed by atoms with Gasteiger partial charge in [-0.05, 0) is 42.8 Å². The number of fused-ring (bicyclic) bond motifs is 2. The Bertz CT molecular complexity index is 1980. The number of rotatable bonds is 8. The zero-order valence-corrected chi connectivity index (χ0v) is 26.8. The fourth-order valence-electron chi connectivity index (χ4n) is 6.66. The highest BCUT2D eigenvalue weighted by Crippen LogP contribution is 2.35. The third kappa shape index (κ3) is 6.31. The molecule has 2 aromatic heterocycles. The van der Waals surface area contributed by atoms with Gasteiger partial charge in [0.1, 0.15) is 36.3 Å². The molecule has 0 unspecified atom stereocenters. The van der Waals surface area contributed by atoms with Crippen molar-refractivity contribution in [1.29, 1.82) is 0 Å². The highest BCUT2D eigenvalue weighted by Gasteiger charge is 2.35. The number of amides is 1. The maximum absolute atomic E-state index is 16.7. The maximum Gasteiger partial charge on any atom is 0.410 e. The number of likely N-dealkylation sites (tertiary alicyclic amines) is 1. The molecule has 2 fully saturated rings. The lowest BCUT2D eigenvalue weighted by atomic mass is 10.0. The van der Waals surface area contributed by atoms with Gasteiger partial charge in [-0.1, -0.05) is 72.8 Å². The highest BCUT2D eigenvalue weighted by atomic mass is 19.1. The molecule has 5 aromatic rings. The van der Waals surface area contributed by atoms with Crippen molar-refractivity contribution in [2.75, 3.05) is 51.3 Å². The number of piperazine rings is 1. The van der Waals surface area contributed by atoms with Crippen molar-refractivity contribution >= 4 is 33.6 Å². The number of hydrogen-bond donors (Lipinski definition) is 0. The Morgan fingerprint density at radius 1 is 0.979 bits per heavy atom. The van der Waals surface area contributed by atoms with Gasteiger partial charge in [0.25, 0.3) is 0 Å². The van der Waals surface area contributed by atoms with Crippen molar-refractivity contribution in [2.45, 2.75) is 31.5 Å². The number of halogens is 1. The van der Waals surface area contributed by atoms with E-state index >= 15 is 4.39 Å². The smallest absolute Gasteiger partial charge is 0.410 e. The van der Waals surface area contributed by atoms with Gasteiger partial charge in [-0.25, -0.2) is 15.8 Å². The number of aromatic nitrogens is 3. The van der Waals surface area contributed by atoms with Crippen LogP contribution in [0.15, 0.2) is 79.0 Å². The van der Waals surface area contributed by atoms with E-state index in [0.29, 0.717) is 43.0 Å². The number of hydrogen-bond acceptors (Lipinski definition) is 8. The minimum absolute atomic E-state index is 0.0785. The van der Waals surface area contributed by atoms with E-state index in [1.165, 1.54) is 0 Å². The van der Waals surface area contributed by atoms with Crippen LogP contribution in [0.1, 0.15) is 18.4 Å². The lowest BCUT2D eigenvalue weighted by Crippen LogP contribution is -2.56. The first-order chi connectivity index (χ1) is 23.5. The Morgan fingerprint density at radius 3 is 2.60 bits per heavy atom. The molecule has 2 atom stereocenters. The van der Waals surface area contributed by atoms with Gasteiger partial charge in [-0.2, -0.15) is 9.97 Å². The molecule has 0 aliphatic carbocycles. The average Bonchev–Trinajstić information content (AvgIpc) is 3.54. The molecular formula is C37H36FN7O3. The van der Waals surface area contributed by atoms with E-state index in [1.807, 2.05) is 77.7 Å². The van der Waals surface area contributed by atoms with Crippen LogP contribution in [0.2, 0.25) is 0 Å². The zero-order chi connectivity index (χ0) is 33.0. The molecule has 1 amide bonds. The molecule has 48 heavy (non-hydrogen) atoms. The number of ether oxygens (including phenoxy) is 2. The number of nitrogens with zero attached hydrogens (tertiary/aromatic N) is 7. The van der Waals surface area contributed by atoms with E-state index in [0.717, 1.165) is 35.7 Å². The van der Waals surface area contributed by atoms with Crippen LogP contribution in [0.3, 0.4) is 0 Å². The van der Waals surface area contributed by atoms with Gasteiger partial charge in [0.05, 0.1) is 5.39 Å². The van der Waals surface area contributed by atoms with Crippen LogP contribution in [0.25, 0.3) is 37.8 Å². The van der Waals surface area contributed by atoms with Gasteiger partial charge >= 0.3 is 12.1 Å². The number of benzene rings is 3. The summed E-state index contributed by atoms with van der Waals surface area (Å²) in [5, 5.41) is 2.30.